The first kappa shape index (κ1) is 12.7. The lowest BCUT2D eigenvalue weighted by molar-refractivity contribution is -0.142. The minimum Gasteiger partial charge on any atom is -0.480 e. The maximum atomic E-state index is 11.0. The fourth-order valence-corrected chi connectivity index (χ4v) is 2.80. The highest BCUT2D eigenvalue weighted by molar-refractivity contribution is 6.34. The molecule has 0 amide bonds. The lowest BCUT2D eigenvalue weighted by Crippen LogP contribution is -2.35. The number of carbonyl (C=O) groups is 1. The predicted octanol–water partition coefficient (Wildman–Crippen LogP) is 3.04. The van der Waals surface area contributed by atoms with E-state index in [9.17, 15) is 4.79 Å². The molecule has 1 aromatic carbocycles. The number of hydrogen-bond donors (Lipinski definition) is 1. The zero-order valence-corrected chi connectivity index (χ0v) is 10.7. The van der Waals surface area contributed by atoms with E-state index >= 15 is 0 Å². The zero-order valence-electron chi connectivity index (χ0n) is 9.20. The minimum absolute atomic E-state index is 0.382. The van der Waals surface area contributed by atoms with Crippen LogP contribution in [0, 0.1) is 0 Å². The van der Waals surface area contributed by atoms with Gasteiger partial charge in [0.25, 0.3) is 0 Å². The van der Waals surface area contributed by atoms with Crippen LogP contribution >= 0.6 is 23.2 Å². The van der Waals surface area contributed by atoms with E-state index in [-0.39, 0.29) is 6.04 Å². The molecule has 2 rings (SSSR count). The Morgan fingerprint density at radius 3 is 2.59 bits per heavy atom. The second-order valence-electron chi connectivity index (χ2n) is 4.24. The van der Waals surface area contributed by atoms with Gasteiger partial charge in [0, 0.05) is 16.6 Å². The summed E-state index contributed by atoms with van der Waals surface area (Å²) in [4.78, 5) is 13.0. The molecule has 3 nitrogen and oxygen atoms in total. The highest BCUT2D eigenvalue weighted by Crippen LogP contribution is 2.24. The summed E-state index contributed by atoms with van der Waals surface area (Å²) in [7, 11) is 0. The Morgan fingerprint density at radius 1 is 1.35 bits per heavy atom. The molecule has 0 bridgehead atoms. The van der Waals surface area contributed by atoms with Crippen molar-refractivity contribution < 1.29 is 9.90 Å². The smallest absolute Gasteiger partial charge is 0.320 e. The van der Waals surface area contributed by atoms with Gasteiger partial charge < -0.3 is 5.11 Å². The fourth-order valence-electron chi connectivity index (χ4n) is 2.23. The maximum Gasteiger partial charge on any atom is 0.320 e. The van der Waals surface area contributed by atoms with Crippen LogP contribution in [0.4, 0.5) is 0 Å². The van der Waals surface area contributed by atoms with Crippen molar-refractivity contribution in [3.8, 4) is 0 Å². The van der Waals surface area contributed by atoms with Gasteiger partial charge in [0.2, 0.25) is 0 Å². The molecule has 0 radical (unpaired) electrons. The number of likely N-dealkylation sites (tertiary alicyclic amines) is 1. The van der Waals surface area contributed by atoms with Crippen molar-refractivity contribution in [2.45, 2.75) is 25.4 Å². The Morgan fingerprint density at radius 2 is 2.00 bits per heavy atom. The summed E-state index contributed by atoms with van der Waals surface area (Å²) in [5, 5.41) is 10.2. The van der Waals surface area contributed by atoms with Crippen LogP contribution in [-0.2, 0) is 11.3 Å². The highest BCUT2D eigenvalue weighted by atomic mass is 35.5. The van der Waals surface area contributed by atoms with Crippen molar-refractivity contribution >= 4 is 29.2 Å². The molecular weight excluding hydrogens is 261 g/mol. The number of aliphatic carboxylic acids is 1. The van der Waals surface area contributed by atoms with Gasteiger partial charge in [-0.15, -0.1) is 0 Å². The predicted molar refractivity (Wildman–Crippen MR) is 67.5 cm³/mol. The molecule has 1 aromatic rings. The third-order valence-corrected chi connectivity index (χ3v) is 3.39. The largest absolute Gasteiger partial charge is 0.480 e. The van der Waals surface area contributed by atoms with E-state index in [1.54, 1.807) is 6.07 Å². The topological polar surface area (TPSA) is 40.5 Å². The quantitative estimate of drug-likeness (QED) is 0.921. The van der Waals surface area contributed by atoms with Crippen molar-refractivity contribution in [3.63, 3.8) is 0 Å². The van der Waals surface area contributed by atoms with Crippen molar-refractivity contribution in [1.29, 1.82) is 0 Å². The number of benzene rings is 1. The number of carboxylic acids is 1. The summed E-state index contributed by atoms with van der Waals surface area (Å²) in [6, 6.07) is 4.94. The summed E-state index contributed by atoms with van der Waals surface area (Å²) in [6.45, 7) is 1.39. The van der Waals surface area contributed by atoms with Gasteiger partial charge in [0.1, 0.15) is 6.04 Å². The molecule has 1 aliphatic rings. The van der Waals surface area contributed by atoms with E-state index in [0.717, 1.165) is 18.5 Å². The molecule has 1 fully saturated rings. The lowest BCUT2D eigenvalue weighted by atomic mass is 10.2. The summed E-state index contributed by atoms with van der Waals surface area (Å²) < 4.78 is 0. The summed E-state index contributed by atoms with van der Waals surface area (Å²) >= 11 is 11.8. The van der Waals surface area contributed by atoms with Crippen LogP contribution in [0.3, 0.4) is 0 Å². The van der Waals surface area contributed by atoms with Crippen LogP contribution in [0.15, 0.2) is 18.2 Å². The van der Waals surface area contributed by atoms with Gasteiger partial charge in [0.05, 0.1) is 0 Å². The number of nitrogens with zero attached hydrogens (tertiary/aromatic N) is 1. The lowest BCUT2D eigenvalue weighted by Gasteiger charge is -2.21. The minimum atomic E-state index is -0.754. The van der Waals surface area contributed by atoms with Crippen LogP contribution in [0.5, 0.6) is 0 Å². The van der Waals surface area contributed by atoms with Gasteiger partial charge in [-0.05, 0) is 43.1 Å². The molecule has 17 heavy (non-hydrogen) atoms. The van der Waals surface area contributed by atoms with Crippen LogP contribution < -0.4 is 0 Å². The number of halogens is 2. The van der Waals surface area contributed by atoms with Gasteiger partial charge >= 0.3 is 5.97 Å². The third kappa shape index (κ3) is 3.12. The van der Waals surface area contributed by atoms with Gasteiger partial charge in [-0.25, -0.2) is 0 Å². The van der Waals surface area contributed by atoms with Crippen LogP contribution in [0.25, 0.3) is 0 Å². The van der Waals surface area contributed by atoms with E-state index in [2.05, 4.69) is 0 Å². The van der Waals surface area contributed by atoms with Crippen LogP contribution in [0.2, 0.25) is 10.0 Å². The standard InChI is InChI=1S/C12H13Cl2NO2/c13-9-4-8(5-10(14)6-9)7-15-3-1-2-11(15)12(16)17/h4-6,11H,1-3,7H2,(H,16,17). The van der Waals surface area contributed by atoms with Gasteiger partial charge in [-0.2, -0.15) is 0 Å². The van der Waals surface area contributed by atoms with Crippen molar-refractivity contribution in [2.75, 3.05) is 6.54 Å². The Hall–Kier alpha value is -0.770. The molecule has 0 spiro atoms. The molecule has 92 valence electrons. The summed E-state index contributed by atoms with van der Waals surface area (Å²) in [6.07, 6.45) is 1.63. The van der Waals surface area contributed by atoms with E-state index in [4.69, 9.17) is 28.3 Å². The number of rotatable bonds is 3. The van der Waals surface area contributed by atoms with E-state index in [0.29, 0.717) is 23.0 Å². The molecule has 0 saturated carbocycles. The van der Waals surface area contributed by atoms with Crippen molar-refractivity contribution in [1.82, 2.24) is 4.90 Å². The normalized spacial score (nSPS) is 20.7. The van der Waals surface area contributed by atoms with Gasteiger partial charge in [-0.1, -0.05) is 23.2 Å². The van der Waals surface area contributed by atoms with E-state index in [1.165, 1.54) is 0 Å². The molecular formula is C12H13Cl2NO2. The molecule has 1 heterocycles. The molecule has 1 unspecified atom stereocenters. The molecule has 1 aliphatic heterocycles. The monoisotopic (exact) mass is 273 g/mol. The second-order valence-corrected chi connectivity index (χ2v) is 5.12. The average Bonchev–Trinajstić information content (AvgIpc) is 2.63. The maximum absolute atomic E-state index is 11.0. The zero-order chi connectivity index (χ0) is 12.4. The Bertz CT molecular complexity index is 416. The van der Waals surface area contributed by atoms with E-state index < -0.39 is 5.97 Å². The molecule has 1 saturated heterocycles. The Balaban J connectivity index is 2.12. The summed E-state index contributed by atoms with van der Waals surface area (Å²) in [5.74, 6) is -0.754. The average molecular weight is 274 g/mol. The van der Waals surface area contributed by atoms with Crippen molar-refractivity contribution in [3.05, 3.63) is 33.8 Å². The Kier molecular flexibility index (Phi) is 3.92. The molecule has 1 N–H and O–H groups in total. The SMILES string of the molecule is O=C(O)C1CCCN1Cc1cc(Cl)cc(Cl)c1. The van der Waals surface area contributed by atoms with Gasteiger partial charge in [-0.3, -0.25) is 9.69 Å². The molecule has 5 heteroatoms. The Labute approximate surface area is 110 Å². The van der Waals surface area contributed by atoms with Crippen LogP contribution in [0.1, 0.15) is 18.4 Å². The van der Waals surface area contributed by atoms with Crippen molar-refractivity contribution in [2.24, 2.45) is 0 Å². The molecule has 0 aromatic heterocycles. The second kappa shape index (κ2) is 5.25. The first-order valence-corrected chi connectivity index (χ1v) is 6.23. The first-order chi connectivity index (χ1) is 8.06. The molecule has 0 aliphatic carbocycles. The summed E-state index contributed by atoms with van der Waals surface area (Å²) in [5.41, 5.74) is 0.954. The number of hydrogen-bond acceptors (Lipinski definition) is 2. The highest BCUT2D eigenvalue weighted by Gasteiger charge is 2.30. The third-order valence-electron chi connectivity index (χ3n) is 2.96. The first-order valence-electron chi connectivity index (χ1n) is 5.48. The van der Waals surface area contributed by atoms with Gasteiger partial charge in [0.15, 0.2) is 0 Å². The van der Waals surface area contributed by atoms with E-state index in [1.807, 2.05) is 17.0 Å². The molecule has 1 atom stereocenters. The number of carboxylic acid groups (broad SMARTS) is 1. The fraction of sp³-hybridized carbons (Fsp3) is 0.417. The van der Waals surface area contributed by atoms with Crippen LogP contribution in [-0.4, -0.2) is 28.6 Å².